The highest BCUT2D eigenvalue weighted by molar-refractivity contribution is 8.02. The topological polar surface area (TPSA) is 93.2 Å². The first kappa shape index (κ1) is 25.1. The summed E-state index contributed by atoms with van der Waals surface area (Å²) in [6.07, 6.45) is 5.90. The minimum atomic E-state index is -0.571. The van der Waals surface area contributed by atoms with Crippen molar-refractivity contribution in [1.82, 2.24) is 5.32 Å². The number of thioether (sulfide) groups is 1. The molecular weight excluding hydrogens is 503 g/mol. The van der Waals surface area contributed by atoms with Gasteiger partial charge in [0.05, 0.1) is 27.5 Å². The van der Waals surface area contributed by atoms with Crippen LogP contribution in [-0.2, 0) is 5.75 Å². The van der Waals surface area contributed by atoms with Gasteiger partial charge in [0.2, 0.25) is 0 Å². The van der Waals surface area contributed by atoms with Crippen molar-refractivity contribution in [2.75, 3.05) is 11.1 Å². The Morgan fingerprint density at radius 3 is 2.71 bits per heavy atom. The smallest absolute Gasteiger partial charge is 0.251 e. The maximum absolute atomic E-state index is 13.5. The van der Waals surface area contributed by atoms with Crippen LogP contribution in [0.1, 0.15) is 20.8 Å². The largest absolute Gasteiger partial charge is 0.397 e. The maximum atomic E-state index is 13.5. The molecule has 1 aliphatic carbocycles. The fraction of sp³-hybridized carbons (Fsp3) is 0.115. The van der Waals surface area contributed by atoms with E-state index in [1.807, 2.05) is 47.9 Å². The molecule has 4 rings (SSSR count). The van der Waals surface area contributed by atoms with Gasteiger partial charge in [-0.1, -0.05) is 54.6 Å². The molecule has 3 aromatic rings. The first-order valence-electron chi connectivity index (χ1n) is 10.7. The van der Waals surface area contributed by atoms with Crippen LogP contribution in [-0.4, -0.2) is 18.0 Å². The number of benzene rings is 2. The van der Waals surface area contributed by atoms with Crippen LogP contribution in [0, 0.1) is 5.82 Å². The van der Waals surface area contributed by atoms with Crippen LogP contribution in [0.15, 0.2) is 83.7 Å². The minimum Gasteiger partial charge on any atom is -0.397 e. The van der Waals surface area contributed by atoms with Crippen molar-refractivity contribution in [3.8, 4) is 0 Å². The number of nitrogens with one attached hydrogen (secondary N) is 2. The molecule has 6 N–H and O–H groups in total. The van der Waals surface area contributed by atoms with Gasteiger partial charge in [0.15, 0.2) is 0 Å². The SMILES string of the molecule is C=C(Nc1cc(Cl)c(F)cc1N)SCc1ccc(C(=O)NC2C=C(c3cccs3)C=CC2N)cc1. The van der Waals surface area contributed by atoms with Crippen LogP contribution in [0.5, 0.6) is 0 Å². The molecule has 0 radical (unpaired) electrons. The summed E-state index contributed by atoms with van der Waals surface area (Å²) in [5.41, 5.74) is 15.4. The standard InChI is InChI=1S/C26H24ClFN4OS2/c1-15(31-24-12-19(27)20(28)13-22(24)30)35-14-16-4-6-17(7-5-16)26(33)32-23-11-18(8-9-21(23)29)25-3-2-10-34-25/h2-13,21,23,31H,1,14,29-30H2,(H,32,33). The Bertz CT molecular complexity index is 1290. The van der Waals surface area contributed by atoms with Gasteiger partial charge in [0.1, 0.15) is 5.82 Å². The second kappa shape index (κ2) is 11.1. The molecule has 0 bridgehead atoms. The van der Waals surface area contributed by atoms with Crippen LogP contribution in [0.3, 0.4) is 0 Å². The maximum Gasteiger partial charge on any atom is 0.251 e. The van der Waals surface area contributed by atoms with E-state index in [0.29, 0.717) is 22.0 Å². The van der Waals surface area contributed by atoms with Crippen molar-refractivity contribution in [2.45, 2.75) is 17.8 Å². The average Bonchev–Trinajstić information content (AvgIpc) is 3.38. The highest BCUT2D eigenvalue weighted by Gasteiger charge is 2.21. The lowest BCUT2D eigenvalue weighted by molar-refractivity contribution is 0.0942. The van der Waals surface area contributed by atoms with E-state index in [1.54, 1.807) is 23.5 Å². The van der Waals surface area contributed by atoms with Crippen molar-refractivity contribution in [3.63, 3.8) is 0 Å². The monoisotopic (exact) mass is 526 g/mol. The van der Waals surface area contributed by atoms with Gasteiger partial charge >= 0.3 is 0 Å². The second-order valence-corrected chi connectivity index (χ2v) is 10.3. The number of anilines is 2. The molecule has 0 aliphatic heterocycles. The van der Waals surface area contributed by atoms with Gasteiger partial charge in [-0.2, -0.15) is 0 Å². The Morgan fingerprint density at radius 1 is 1.23 bits per heavy atom. The Balaban J connectivity index is 1.32. The van der Waals surface area contributed by atoms with Crippen molar-refractivity contribution < 1.29 is 9.18 Å². The van der Waals surface area contributed by atoms with E-state index in [-0.39, 0.29) is 28.7 Å². The highest BCUT2D eigenvalue weighted by atomic mass is 35.5. The Labute approximate surface area is 216 Å². The number of nitrogens with two attached hydrogens (primary N) is 2. The highest BCUT2D eigenvalue weighted by Crippen LogP contribution is 2.30. The van der Waals surface area contributed by atoms with Gasteiger partial charge in [0.25, 0.3) is 5.91 Å². The number of halogens is 2. The number of nitrogen functional groups attached to an aromatic ring is 1. The third-order valence-electron chi connectivity index (χ3n) is 5.37. The molecule has 0 spiro atoms. The fourth-order valence-corrected chi connectivity index (χ4v) is 5.07. The number of carbonyl (C=O) groups is 1. The van der Waals surface area contributed by atoms with Gasteiger partial charge < -0.3 is 22.1 Å². The molecule has 2 atom stereocenters. The number of hydrogen-bond acceptors (Lipinski definition) is 6. The Hall–Kier alpha value is -3.04. The summed E-state index contributed by atoms with van der Waals surface area (Å²) in [6, 6.07) is 13.4. The molecule has 1 aromatic heterocycles. The van der Waals surface area contributed by atoms with Crippen molar-refractivity contribution in [1.29, 1.82) is 0 Å². The molecule has 5 nitrogen and oxygen atoms in total. The third kappa shape index (κ3) is 6.35. The predicted octanol–water partition coefficient (Wildman–Crippen LogP) is 6.02. The molecule has 1 heterocycles. The third-order valence-corrected chi connectivity index (χ3v) is 7.51. The summed E-state index contributed by atoms with van der Waals surface area (Å²) >= 11 is 8.93. The quantitative estimate of drug-likeness (QED) is 0.269. The van der Waals surface area contributed by atoms with Gasteiger partial charge in [-0.25, -0.2) is 4.39 Å². The molecular formula is C26H24ClFN4OS2. The number of amides is 1. The van der Waals surface area contributed by atoms with Gasteiger partial charge in [-0.05, 0) is 40.8 Å². The van der Waals surface area contributed by atoms with Crippen LogP contribution < -0.4 is 22.1 Å². The Morgan fingerprint density at radius 2 is 2.00 bits per heavy atom. The molecule has 0 saturated heterocycles. The molecule has 1 amide bonds. The zero-order valence-electron chi connectivity index (χ0n) is 18.6. The summed E-state index contributed by atoms with van der Waals surface area (Å²) in [5, 5.41) is 8.70. The van der Waals surface area contributed by atoms with E-state index < -0.39 is 5.82 Å². The molecule has 2 unspecified atom stereocenters. The first-order chi connectivity index (χ1) is 16.8. The molecule has 180 valence electrons. The molecule has 2 aromatic carbocycles. The molecule has 1 aliphatic rings. The summed E-state index contributed by atoms with van der Waals surface area (Å²) in [5.74, 6) is -0.136. The average molecular weight is 527 g/mol. The number of allylic oxidation sites excluding steroid dienone is 2. The summed E-state index contributed by atoms with van der Waals surface area (Å²) < 4.78 is 13.5. The van der Waals surface area contributed by atoms with Crippen molar-refractivity contribution in [2.24, 2.45) is 5.73 Å². The minimum absolute atomic E-state index is 0.0168. The first-order valence-corrected chi connectivity index (χ1v) is 13.0. The van der Waals surface area contributed by atoms with Crippen molar-refractivity contribution >= 4 is 57.6 Å². The number of thiophene rings is 1. The van der Waals surface area contributed by atoms with Crippen LogP contribution in [0.25, 0.3) is 5.57 Å². The van der Waals surface area contributed by atoms with E-state index in [1.165, 1.54) is 23.9 Å². The summed E-state index contributed by atoms with van der Waals surface area (Å²) in [6.45, 7) is 3.97. The predicted molar refractivity (Wildman–Crippen MR) is 147 cm³/mol. The van der Waals surface area contributed by atoms with Crippen molar-refractivity contribution in [3.05, 3.63) is 111 Å². The van der Waals surface area contributed by atoms with E-state index in [4.69, 9.17) is 23.1 Å². The molecule has 35 heavy (non-hydrogen) atoms. The molecule has 0 saturated carbocycles. The number of hydrogen-bond donors (Lipinski definition) is 4. The lowest BCUT2D eigenvalue weighted by Crippen LogP contribution is -2.46. The zero-order chi connectivity index (χ0) is 24.9. The van der Waals surface area contributed by atoms with Crippen LogP contribution in [0.4, 0.5) is 15.8 Å². The number of rotatable bonds is 8. The van der Waals surface area contributed by atoms with Crippen LogP contribution >= 0.6 is 34.7 Å². The summed E-state index contributed by atoms with van der Waals surface area (Å²) in [7, 11) is 0. The van der Waals surface area contributed by atoms with E-state index in [2.05, 4.69) is 17.2 Å². The normalized spacial score (nSPS) is 17.1. The Kier molecular flexibility index (Phi) is 7.97. The molecule has 0 fully saturated rings. The lowest BCUT2D eigenvalue weighted by Gasteiger charge is -2.24. The summed E-state index contributed by atoms with van der Waals surface area (Å²) in [4.78, 5) is 14.0. The van der Waals surface area contributed by atoms with Gasteiger partial charge in [-0.15, -0.1) is 23.1 Å². The van der Waals surface area contributed by atoms with E-state index in [9.17, 15) is 9.18 Å². The van der Waals surface area contributed by atoms with Gasteiger partial charge in [0, 0.05) is 28.3 Å². The van der Waals surface area contributed by atoms with Gasteiger partial charge in [-0.3, -0.25) is 4.79 Å². The lowest BCUT2D eigenvalue weighted by atomic mass is 9.97. The molecule has 9 heteroatoms. The fourth-order valence-electron chi connectivity index (χ4n) is 3.45. The van der Waals surface area contributed by atoms with E-state index >= 15 is 0 Å². The van der Waals surface area contributed by atoms with Crippen LogP contribution in [0.2, 0.25) is 5.02 Å². The number of carbonyl (C=O) groups excluding carboxylic acids is 1. The second-order valence-electron chi connectivity index (χ2n) is 7.92. The zero-order valence-corrected chi connectivity index (χ0v) is 21.0. The van der Waals surface area contributed by atoms with E-state index in [0.717, 1.165) is 16.0 Å².